The van der Waals surface area contributed by atoms with Crippen molar-refractivity contribution >= 4 is 21.5 Å². The van der Waals surface area contributed by atoms with Gasteiger partial charge in [0.1, 0.15) is 0 Å². The number of carbonyl (C=O) groups is 1. The SMILES string of the molecule is Cc1ccc(S(=O)(=O)Nc2c(-c3ccccc3)[nH]c(C)c2C(=O)c2ccccc2)cc1. The van der Waals surface area contributed by atoms with E-state index in [0.717, 1.165) is 11.1 Å². The van der Waals surface area contributed by atoms with Gasteiger partial charge in [-0.15, -0.1) is 0 Å². The molecule has 1 heterocycles. The van der Waals surface area contributed by atoms with Crippen LogP contribution in [0.3, 0.4) is 0 Å². The van der Waals surface area contributed by atoms with Gasteiger partial charge in [-0.2, -0.15) is 0 Å². The van der Waals surface area contributed by atoms with E-state index in [-0.39, 0.29) is 16.4 Å². The highest BCUT2D eigenvalue weighted by atomic mass is 32.2. The Bertz CT molecular complexity index is 1330. The highest BCUT2D eigenvalue weighted by Crippen LogP contribution is 2.36. The average Bonchev–Trinajstić information content (AvgIpc) is 3.10. The number of hydrogen-bond acceptors (Lipinski definition) is 3. The maximum absolute atomic E-state index is 13.3. The lowest BCUT2D eigenvalue weighted by Crippen LogP contribution is -2.16. The molecule has 0 saturated heterocycles. The topological polar surface area (TPSA) is 79.0 Å². The number of ketones is 1. The van der Waals surface area contributed by atoms with Crippen LogP contribution in [0.1, 0.15) is 27.2 Å². The smallest absolute Gasteiger partial charge is 0.261 e. The molecule has 0 atom stereocenters. The van der Waals surface area contributed by atoms with Gasteiger partial charge in [-0.3, -0.25) is 9.52 Å². The first-order valence-corrected chi connectivity index (χ1v) is 11.3. The average molecular weight is 431 g/mol. The fourth-order valence-electron chi connectivity index (χ4n) is 3.48. The Balaban J connectivity index is 1.88. The van der Waals surface area contributed by atoms with Gasteiger partial charge in [-0.25, -0.2) is 8.42 Å². The van der Waals surface area contributed by atoms with Crippen molar-refractivity contribution in [1.82, 2.24) is 4.98 Å². The number of aromatic nitrogens is 1. The predicted octanol–water partition coefficient (Wildman–Crippen LogP) is 5.33. The largest absolute Gasteiger partial charge is 0.356 e. The molecule has 6 heteroatoms. The lowest BCUT2D eigenvalue weighted by atomic mass is 10.0. The maximum Gasteiger partial charge on any atom is 0.261 e. The van der Waals surface area contributed by atoms with Crippen molar-refractivity contribution in [2.75, 3.05) is 4.72 Å². The van der Waals surface area contributed by atoms with Crippen LogP contribution in [-0.4, -0.2) is 19.2 Å². The molecule has 4 aromatic rings. The molecule has 0 aliphatic heterocycles. The number of rotatable bonds is 6. The van der Waals surface area contributed by atoms with E-state index in [1.165, 1.54) is 0 Å². The van der Waals surface area contributed by atoms with E-state index in [1.807, 2.05) is 43.3 Å². The molecule has 0 radical (unpaired) electrons. The van der Waals surface area contributed by atoms with Gasteiger partial charge in [0.05, 0.1) is 21.8 Å². The summed E-state index contributed by atoms with van der Waals surface area (Å²) in [5.41, 5.74) is 3.92. The zero-order chi connectivity index (χ0) is 22.0. The van der Waals surface area contributed by atoms with E-state index in [9.17, 15) is 13.2 Å². The molecule has 3 aromatic carbocycles. The number of aromatic amines is 1. The number of sulfonamides is 1. The second kappa shape index (κ2) is 8.24. The summed E-state index contributed by atoms with van der Waals surface area (Å²) in [6, 6.07) is 24.8. The first-order chi connectivity index (χ1) is 14.9. The van der Waals surface area contributed by atoms with Crippen LogP contribution in [0, 0.1) is 13.8 Å². The number of hydrogen-bond donors (Lipinski definition) is 2. The van der Waals surface area contributed by atoms with Crippen LogP contribution in [0.5, 0.6) is 0 Å². The zero-order valence-electron chi connectivity index (χ0n) is 17.2. The fourth-order valence-corrected chi connectivity index (χ4v) is 4.56. The third kappa shape index (κ3) is 4.15. The lowest BCUT2D eigenvalue weighted by Gasteiger charge is -2.12. The molecular formula is C25H22N2O3S. The molecule has 0 amide bonds. The van der Waals surface area contributed by atoms with Gasteiger partial charge in [-0.1, -0.05) is 78.4 Å². The molecule has 2 N–H and O–H groups in total. The summed E-state index contributed by atoms with van der Waals surface area (Å²) in [7, 11) is -3.91. The molecule has 0 fully saturated rings. The summed E-state index contributed by atoms with van der Waals surface area (Å²) in [6.07, 6.45) is 0. The molecule has 0 spiro atoms. The summed E-state index contributed by atoms with van der Waals surface area (Å²) in [5.74, 6) is -0.252. The minimum Gasteiger partial charge on any atom is -0.356 e. The van der Waals surface area contributed by atoms with Crippen LogP contribution >= 0.6 is 0 Å². The van der Waals surface area contributed by atoms with Crippen molar-refractivity contribution in [1.29, 1.82) is 0 Å². The molecule has 0 bridgehead atoms. The van der Waals surface area contributed by atoms with Crippen LogP contribution in [0.25, 0.3) is 11.3 Å². The molecule has 5 nitrogen and oxygen atoms in total. The Labute approximate surface area is 181 Å². The van der Waals surface area contributed by atoms with E-state index < -0.39 is 10.0 Å². The van der Waals surface area contributed by atoms with E-state index in [4.69, 9.17) is 0 Å². The molecule has 0 aliphatic rings. The Hall–Kier alpha value is -3.64. The van der Waals surface area contributed by atoms with Gasteiger partial charge in [-0.05, 0) is 26.0 Å². The number of carbonyl (C=O) groups excluding carboxylic acids is 1. The van der Waals surface area contributed by atoms with Crippen molar-refractivity contribution in [3.63, 3.8) is 0 Å². The van der Waals surface area contributed by atoms with Crippen molar-refractivity contribution < 1.29 is 13.2 Å². The van der Waals surface area contributed by atoms with Gasteiger partial charge in [0.2, 0.25) is 0 Å². The monoisotopic (exact) mass is 430 g/mol. The minimum absolute atomic E-state index is 0.133. The summed E-state index contributed by atoms with van der Waals surface area (Å²) in [6.45, 7) is 3.66. The Morgan fingerprint density at radius 1 is 0.806 bits per heavy atom. The van der Waals surface area contributed by atoms with Crippen molar-refractivity contribution in [2.24, 2.45) is 0 Å². The fraction of sp³-hybridized carbons (Fsp3) is 0.0800. The molecule has 156 valence electrons. The number of anilines is 1. The van der Waals surface area contributed by atoms with E-state index >= 15 is 0 Å². The van der Waals surface area contributed by atoms with Crippen LogP contribution in [0.4, 0.5) is 5.69 Å². The van der Waals surface area contributed by atoms with E-state index in [0.29, 0.717) is 22.5 Å². The summed E-state index contributed by atoms with van der Waals surface area (Å²) in [5, 5.41) is 0. The highest BCUT2D eigenvalue weighted by molar-refractivity contribution is 7.92. The molecular weight excluding hydrogens is 408 g/mol. The number of benzene rings is 3. The van der Waals surface area contributed by atoms with Gasteiger partial charge < -0.3 is 4.98 Å². The van der Waals surface area contributed by atoms with Gasteiger partial charge in [0.15, 0.2) is 5.78 Å². The van der Waals surface area contributed by atoms with Gasteiger partial charge in [0.25, 0.3) is 10.0 Å². The third-order valence-corrected chi connectivity index (χ3v) is 6.45. The van der Waals surface area contributed by atoms with E-state index in [1.54, 1.807) is 55.5 Å². The quantitative estimate of drug-likeness (QED) is 0.406. The van der Waals surface area contributed by atoms with Gasteiger partial charge in [0, 0.05) is 16.8 Å². The number of aryl methyl sites for hydroxylation is 2. The lowest BCUT2D eigenvalue weighted by molar-refractivity contribution is 0.103. The summed E-state index contributed by atoms with van der Waals surface area (Å²) >= 11 is 0. The summed E-state index contributed by atoms with van der Waals surface area (Å²) in [4.78, 5) is 16.7. The first-order valence-electron chi connectivity index (χ1n) is 9.84. The molecule has 0 unspecified atom stereocenters. The van der Waals surface area contributed by atoms with Crippen molar-refractivity contribution in [3.8, 4) is 11.3 Å². The predicted molar refractivity (Wildman–Crippen MR) is 123 cm³/mol. The highest BCUT2D eigenvalue weighted by Gasteiger charge is 2.27. The molecule has 1 aromatic heterocycles. The van der Waals surface area contributed by atoms with Crippen LogP contribution in [0.15, 0.2) is 89.8 Å². The van der Waals surface area contributed by atoms with Crippen LogP contribution < -0.4 is 4.72 Å². The Morgan fingerprint density at radius 3 is 2.00 bits per heavy atom. The normalized spacial score (nSPS) is 11.3. The van der Waals surface area contributed by atoms with Crippen molar-refractivity contribution in [2.45, 2.75) is 18.7 Å². The second-order valence-electron chi connectivity index (χ2n) is 7.35. The minimum atomic E-state index is -3.91. The van der Waals surface area contributed by atoms with E-state index in [2.05, 4.69) is 9.71 Å². The van der Waals surface area contributed by atoms with Crippen LogP contribution in [0.2, 0.25) is 0 Å². The van der Waals surface area contributed by atoms with Crippen molar-refractivity contribution in [3.05, 3.63) is 107 Å². The maximum atomic E-state index is 13.3. The Morgan fingerprint density at radius 2 is 1.39 bits per heavy atom. The van der Waals surface area contributed by atoms with Gasteiger partial charge >= 0.3 is 0 Å². The van der Waals surface area contributed by atoms with Crippen LogP contribution in [-0.2, 0) is 10.0 Å². The standard InChI is InChI=1S/C25H22N2O3S/c1-17-13-15-21(16-14-17)31(29,30)27-24-22(25(28)20-11-7-4-8-12-20)18(2)26-23(24)19-9-5-3-6-10-19/h3-16,26-27H,1-2H3. The summed E-state index contributed by atoms with van der Waals surface area (Å²) < 4.78 is 29.0. The molecule has 4 rings (SSSR count). The molecule has 0 aliphatic carbocycles. The zero-order valence-corrected chi connectivity index (χ0v) is 18.0. The first kappa shape index (κ1) is 20.6. The Kier molecular flexibility index (Phi) is 5.48. The molecule has 31 heavy (non-hydrogen) atoms. The number of H-pyrrole nitrogens is 1. The second-order valence-corrected chi connectivity index (χ2v) is 9.04. The third-order valence-electron chi connectivity index (χ3n) is 5.08. The number of nitrogens with one attached hydrogen (secondary N) is 2. The molecule has 0 saturated carbocycles.